The summed E-state index contributed by atoms with van der Waals surface area (Å²) < 4.78 is 12.1. The summed E-state index contributed by atoms with van der Waals surface area (Å²) in [5, 5.41) is 10.6. The molecule has 0 amide bonds. The lowest BCUT2D eigenvalue weighted by atomic mass is 9.52. The Morgan fingerprint density at radius 2 is 2.11 bits per heavy atom. The summed E-state index contributed by atoms with van der Waals surface area (Å²) >= 11 is 0. The first-order chi connectivity index (χ1) is 8.44. The monoisotopic (exact) mass is 250 g/mol. The van der Waals surface area contributed by atoms with Crippen molar-refractivity contribution in [3.05, 3.63) is 11.6 Å². The van der Waals surface area contributed by atoms with Gasteiger partial charge in [-0.15, -0.1) is 0 Å². The van der Waals surface area contributed by atoms with Crippen molar-refractivity contribution in [3.8, 4) is 0 Å². The molecule has 1 spiro atoms. The summed E-state index contributed by atoms with van der Waals surface area (Å²) in [5.41, 5.74) is 1.05. The maximum atomic E-state index is 10.6. The summed E-state index contributed by atoms with van der Waals surface area (Å²) in [4.78, 5) is 0. The van der Waals surface area contributed by atoms with E-state index < -0.39 is 0 Å². The molecule has 0 aromatic carbocycles. The van der Waals surface area contributed by atoms with E-state index in [4.69, 9.17) is 9.47 Å². The first kappa shape index (κ1) is 11.4. The van der Waals surface area contributed by atoms with Crippen LogP contribution in [0.2, 0.25) is 0 Å². The number of allylic oxidation sites excluding steroid dienone is 1. The van der Waals surface area contributed by atoms with Crippen LogP contribution in [-0.2, 0) is 9.47 Å². The molecular weight excluding hydrogens is 228 g/mol. The number of aliphatic hydroxyl groups is 1. The van der Waals surface area contributed by atoms with E-state index in [1.54, 1.807) is 0 Å². The minimum atomic E-state index is -0.299. The average molecular weight is 250 g/mol. The summed E-state index contributed by atoms with van der Waals surface area (Å²) in [6, 6.07) is 0. The van der Waals surface area contributed by atoms with Crippen LogP contribution in [0, 0.1) is 10.8 Å². The predicted molar refractivity (Wildman–Crippen MR) is 67.2 cm³/mol. The maximum Gasteiger partial charge on any atom is 0.126 e. The lowest BCUT2D eigenvalue weighted by molar-refractivity contribution is -0.204. The predicted octanol–water partition coefficient (Wildman–Crippen LogP) is 2.04. The Kier molecular flexibility index (Phi) is 1.92. The first-order valence-electron chi connectivity index (χ1n) is 7.09. The number of hydrogen-bond donors (Lipinski definition) is 1. The third kappa shape index (κ3) is 0.972. The van der Waals surface area contributed by atoms with Crippen molar-refractivity contribution in [1.82, 2.24) is 0 Å². The Morgan fingerprint density at radius 3 is 2.78 bits per heavy atom. The number of aliphatic hydroxyl groups excluding tert-OH is 1. The van der Waals surface area contributed by atoms with Gasteiger partial charge in [-0.05, 0) is 19.8 Å². The molecule has 0 aromatic rings. The summed E-state index contributed by atoms with van der Waals surface area (Å²) in [7, 11) is 0. The Morgan fingerprint density at radius 1 is 1.39 bits per heavy atom. The molecule has 2 aliphatic heterocycles. The number of rotatable bonds is 0. The smallest absolute Gasteiger partial charge is 0.126 e. The van der Waals surface area contributed by atoms with E-state index in [1.165, 1.54) is 5.57 Å². The second kappa shape index (κ2) is 3.02. The summed E-state index contributed by atoms with van der Waals surface area (Å²) in [5.74, 6) is 0. The Bertz CT molecular complexity index is 439. The van der Waals surface area contributed by atoms with E-state index in [0.29, 0.717) is 0 Å². The molecule has 2 saturated heterocycles. The van der Waals surface area contributed by atoms with Crippen LogP contribution in [0.3, 0.4) is 0 Å². The molecule has 0 aromatic heterocycles. The van der Waals surface area contributed by atoms with Crippen molar-refractivity contribution in [2.24, 2.45) is 10.8 Å². The van der Waals surface area contributed by atoms with Gasteiger partial charge in [-0.1, -0.05) is 25.5 Å². The molecule has 1 saturated carbocycles. The normalized spacial score (nSPS) is 61.6. The van der Waals surface area contributed by atoms with Gasteiger partial charge >= 0.3 is 0 Å². The number of fused-ring (bicyclic) bond motifs is 2. The zero-order valence-electron chi connectivity index (χ0n) is 11.4. The molecule has 0 radical (unpaired) electrons. The largest absolute Gasteiger partial charge is 0.392 e. The van der Waals surface area contributed by atoms with Crippen molar-refractivity contribution in [3.63, 3.8) is 0 Å². The molecule has 3 heteroatoms. The standard InChI is InChI=1S/C15H22O3/c1-9-4-5-13(2)11(6-9)18-12-7-10(16)14(13,3)15(12)8-17-15/h6,10-12,16H,4-5,7-8H2,1-3H3. The Balaban J connectivity index is 1.88. The Labute approximate surface area is 108 Å². The lowest BCUT2D eigenvalue weighted by Gasteiger charge is -2.57. The molecule has 3 nitrogen and oxygen atoms in total. The maximum absolute atomic E-state index is 10.6. The molecule has 1 N–H and O–H groups in total. The molecule has 2 aliphatic carbocycles. The van der Waals surface area contributed by atoms with Gasteiger partial charge in [-0.3, -0.25) is 0 Å². The second-order valence-corrected chi connectivity index (χ2v) is 7.11. The highest BCUT2D eigenvalue weighted by Crippen LogP contribution is 2.71. The highest BCUT2D eigenvalue weighted by atomic mass is 16.6. The minimum absolute atomic E-state index is 0.00454. The van der Waals surface area contributed by atoms with Gasteiger partial charge in [-0.2, -0.15) is 0 Å². The molecule has 4 aliphatic rings. The zero-order valence-corrected chi connectivity index (χ0v) is 11.4. The molecule has 18 heavy (non-hydrogen) atoms. The van der Waals surface area contributed by atoms with Gasteiger partial charge in [0.2, 0.25) is 0 Å². The molecule has 100 valence electrons. The van der Waals surface area contributed by atoms with E-state index in [9.17, 15) is 5.11 Å². The van der Waals surface area contributed by atoms with Crippen LogP contribution in [0.4, 0.5) is 0 Å². The van der Waals surface area contributed by atoms with Gasteiger partial charge in [0.15, 0.2) is 0 Å². The molecule has 6 atom stereocenters. The number of epoxide rings is 1. The molecule has 3 fully saturated rings. The van der Waals surface area contributed by atoms with Crippen LogP contribution >= 0.6 is 0 Å². The van der Waals surface area contributed by atoms with Crippen molar-refractivity contribution in [1.29, 1.82) is 0 Å². The summed E-state index contributed by atoms with van der Waals surface area (Å²) in [6.45, 7) is 7.46. The highest BCUT2D eigenvalue weighted by molar-refractivity contribution is 5.31. The van der Waals surface area contributed by atoms with E-state index >= 15 is 0 Å². The fourth-order valence-corrected chi connectivity index (χ4v) is 4.88. The minimum Gasteiger partial charge on any atom is -0.392 e. The lowest BCUT2D eigenvalue weighted by Crippen LogP contribution is -2.63. The quantitative estimate of drug-likeness (QED) is 0.528. The van der Waals surface area contributed by atoms with Crippen LogP contribution in [0.25, 0.3) is 0 Å². The molecule has 2 bridgehead atoms. The zero-order chi connectivity index (χ0) is 12.8. The third-order valence-electron chi connectivity index (χ3n) is 6.56. The van der Waals surface area contributed by atoms with Crippen LogP contribution in [0.15, 0.2) is 11.6 Å². The molecule has 2 heterocycles. The Hall–Kier alpha value is -0.380. The topological polar surface area (TPSA) is 42.0 Å². The van der Waals surface area contributed by atoms with E-state index in [1.807, 2.05) is 0 Å². The van der Waals surface area contributed by atoms with Crippen molar-refractivity contribution in [2.75, 3.05) is 6.61 Å². The van der Waals surface area contributed by atoms with Gasteiger partial charge in [0.05, 0.1) is 24.9 Å². The molecule has 6 unspecified atom stereocenters. The molecular formula is C15H22O3. The van der Waals surface area contributed by atoms with E-state index in [2.05, 4.69) is 26.8 Å². The first-order valence-corrected chi connectivity index (χ1v) is 7.09. The van der Waals surface area contributed by atoms with Gasteiger partial charge in [0.25, 0.3) is 0 Å². The SMILES string of the molecule is CC1=CC2OC3CC(O)C(C)(C2(C)CC1)C31CO1. The van der Waals surface area contributed by atoms with Gasteiger partial charge in [-0.25, -0.2) is 0 Å². The second-order valence-electron chi connectivity index (χ2n) is 7.11. The van der Waals surface area contributed by atoms with Crippen LogP contribution in [0.1, 0.15) is 40.0 Å². The van der Waals surface area contributed by atoms with Crippen LogP contribution in [0.5, 0.6) is 0 Å². The van der Waals surface area contributed by atoms with Gasteiger partial charge in [0.1, 0.15) is 5.60 Å². The van der Waals surface area contributed by atoms with Crippen LogP contribution in [-0.4, -0.2) is 35.6 Å². The van der Waals surface area contributed by atoms with Gasteiger partial charge in [0, 0.05) is 17.3 Å². The van der Waals surface area contributed by atoms with E-state index in [-0.39, 0.29) is 34.7 Å². The van der Waals surface area contributed by atoms with Crippen molar-refractivity contribution < 1.29 is 14.6 Å². The highest BCUT2D eigenvalue weighted by Gasteiger charge is 2.80. The fourth-order valence-electron chi connectivity index (χ4n) is 4.88. The van der Waals surface area contributed by atoms with Crippen LogP contribution < -0.4 is 0 Å². The van der Waals surface area contributed by atoms with Crippen molar-refractivity contribution >= 4 is 0 Å². The average Bonchev–Trinajstić information content (AvgIpc) is 3.08. The van der Waals surface area contributed by atoms with E-state index in [0.717, 1.165) is 25.9 Å². The van der Waals surface area contributed by atoms with Crippen molar-refractivity contribution in [2.45, 2.75) is 63.9 Å². The fraction of sp³-hybridized carbons (Fsp3) is 0.867. The number of hydrogen-bond acceptors (Lipinski definition) is 3. The third-order valence-corrected chi connectivity index (χ3v) is 6.56. The summed E-state index contributed by atoms with van der Waals surface area (Å²) in [6.07, 6.45) is 5.14. The van der Waals surface area contributed by atoms with Gasteiger partial charge < -0.3 is 14.6 Å². The molecule has 4 rings (SSSR count). The number of ether oxygens (including phenoxy) is 2.